The molecule has 0 radical (unpaired) electrons. The van der Waals surface area contributed by atoms with Crippen LogP contribution in [-0.4, -0.2) is 19.1 Å². The van der Waals surface area contributed by atoms with E-state index in [4.69, 9.17) is 26.7 Å². The Morgan fingerprint density at radius 2 is 1.21 bits per heavy atom. The van der Waals surface area contributed by atoms with Gasteiger partial charge < -0.3 is 16.2 Å². The summed E-state index contributed by atoms with van der Waals surface area (Å²) in [7, 11) is 0. The number of rotatable bonds is 7. The first kappa shape index (κ1) is 28.7. The van der Waals surface area contributed by atoms with Gasteiger partial charge >= 0.3 is 5.97 Å². The number of ether oxygens (including phenoxy) is 1. The zero-order valence-electron chi connectivity index (χ0n) is 21.0. The van der Waals surface area contributed by atoms with Crippen molar-refractivity contribution in [3.8, 4) is 40.1 Å². The topological polar surface area (TPSA) is 126 Å². The van der Waals surface area contributed by atoms with Gasteiger partial charge in [-0.15, -0.1) is 0 Å². The van der Waals surface area contributed by atoms with Crippen LogP contribution in [0.5, 0.6) is 5.75 Å². The Bertz CT molecular complexity index is 1390. The van der Waals surface area contributed by atoms with E-state index in [0.717, 1.165) is 25.6 Å². The number of halogens is 2. The highest BCUT2D eigenvalue weighted by atomic mass is 19.1. The summed E-state index contributed by atoms with van der Waals surface area (Å²) >= 11 is 0. The van der Waals surface area contributed by atoms with Gasteiger partial charge in [0.25, 0.3) is 0 Å². The summed E-state index contributed by atoms with van der Waals surface area (Å²) in [5.74, 6) is -1.70. The molecule has 4 rings (SSSR count). The van der Waals surface area contributed by atoms with E-state index in [-0.39, 0.29) is 12.2 Å². The van der Waals surface area contributed by atoms with E-state index in [2.05, 4.69) is 0 Å². The third-order valence-corrected chi connectivity index (χ3v) is 5.61. The highest BCUT2D eigenvalue weighted by Crippen LogP contribution is 2.27. The van der Waals surface area contributed by atoms with Gasteiger partial charge in [0, 0.05) is 17.2 Å². The molecule has 39 heavy (non-hydrogen) atoms. The van der Waals surface area contributed by atoms with E-state index in [1.807, 2.05) is 12.1 Å². The van der Waals surface area contributed by atoms with E-state index < -0.39 is 17.6 Å². The molecule has 0 spiro atoms. The average Bonchev–Trinajstić information content (AvgIpc) is 2.94. The quantitative estimate of drug-likeness (QED) is 0.243. The summed E-state index contributed by atoms with van der Waals surface area (Å²) in [6.07, 6.45) is 0.754. The largest absolute Gasteiger partial charge is 0.426 e. The van der Waals surface area contributed by atoms with E-state index in [0.29, 0.717) is 38.9 Å². The van der Waals surface area contributed by atoms with Crippen molar-refractivity contribution in [3.05, 3.63) is 113 Å². The van der Waals surface area contributed by atoms with Crippen molar-refractivity contribution in [1.29, 1.82) is 10.5 Å². The molecule has 0 bridgehead atoms. The summed E-state index contributed by atoms with van der Waals surface area (Å²) in [6, 6.07) is 25.5. The molecule has 0 saturated carbocycles. The van der Waals surface area contributed by atoms with Crippen LogP contribution >= 0.6 is 0 Å². The van der Waals surface area contributed by atoms with Crippen LogP contribution in [0.2, 0.25) is 0 Å². The average molecular weight is 525 g/mol. The first-order chi connectivity index (χ1) is 18.9. The molecule has 0 aliphatic heterocycles. The van der Waals surface area contributed by atoms with E-state index in [1.165, 1.54) is 18.2 Å². The lowest BCUT2D eigenvalue weighted by Gasteiger charge is -2.09. The molecule has 0 atom stereocenters. The highest BCUT2D eigenvalue weighted by Gasteiger charge is 2.13. The molecule has 4 aromatic rings. The van der Waals surface area contributed by atoms with Crippen molar-refractivity contribution in [1.82, 2.24) is 0 Å². The number of carbonyl (C=O) groups is 1. The molecular formula is C31H26F2N4O2. The zero-order valence-corrected chi connectivity index (χ0v) is 21.0. The molecule has 0 fully saturated rings. The third-order valence-electron chi connectivity index (χ3n) is 5.61. The predicted octanol–water partition coefficient (Wildman–Crippen LogP) is 5.48. The SMILES string of the molecule is N#Cc1ccc(-c2ccc(CC(=O)Oc3ccc(-c4ccc(C#N)cc4)c(F)c3)cc2F)cc1.NCCCN. The van der Waals surface area contributed by atoms with Crippen LogP contribution in [-0.2, 0) is 11.2 Å². The number of esters is 1. The molecule has 0 aromatic heterocycles. The molecule has 4 N–H and O–H groups in total. The van der Waals surface area contributed by atoms with Crippen molar-refractivity contribution in [2.45, 2.75) is 12.8 Å². The van der Waals surface area contributed by atoms with Gasteiger partial charge in [-0.25, -0.2) is 8.78 Å². The van der Waals surface area contributed by atoms with Crippen molar-refractivity contribution < 1.29 is 18.3 Å². The number of nitriles is 2. The smallest absolute Gasteiger partial charge is 0.315 e. The number of nitrogens with two attached hydrogens (primary N) is 2. The minimum Gasteiger partial charge on any atom is -0.426 e. The molecule has 8 heteroatoms. The first-order valence-electron chi connectivity index (χ1n) is 12.1. The van der Waals surface area contributed by atoms with Crippen molar-refractivity contribution >= 4 is 5.97 Å². The van der Waals surface area contributed by atoms with Crippen LogP contribution in [0.25, 0.3) is 22.3 Å². The fourth-order valence-electron chi connectivity index (χ4n) is 3.60. The van der Waals surface area contributed by atoms with Crippen LogP contribution in [0.4, 0.5) is 8.78 Å². The molecule has 4 aromatic carbocycles. The van der Waals surface area contributed by atoms with Gasteiger partial charge in [0.15, 0.2) is 0 Å². The minimum atomic E-state index is -0.656. The summed E-state index contributed by atoms with van der Waals surface area (Å²) in [5.41, 5.74) is 13.3. The lowest BCUT2D eigenvalue weighted by atomic mass is 10.0. The normalized spacial score (nSPS) is 10.0. The van der Waals surface area contributed by atoms with E-state index in [9.17, 15) is 13.6 Å². The molecule has 0 saturated heterocycles. The number of hydrogen-bond donors (Lipinski definition) is 2. The lowest BCUT2D eigenvalue weighted by Crippen LogP contribution is -2.11. The summed E-state index contributed by atoms with van der Waals surface area (Å²) < 4.78 is 34.4. The Morgan fingerprint density at radius 3 is 1.62 bits per heavy atom. The van der Waals surface area contributed by atoms with Crippen molar-refractivity contribution in [2.75, 3.05) is 13.1 Å². The Kier molecular flexibility index (Phi) is 10.4. The Morgan fingerprint density at radius 1 is 0.718 bits per heavy atom. The summed E-state index contributed by atoms with van der Waals surface area (Å²) in [4.78, 5) is 12.3. The van der Waals surface area contributed by atoms with Gasteiger partial charge in [-0.1, -0.05) is 36.4 Å². The maximum atomic E-state index is 14.6. The zero-order chi connectivity index (χ0) is 28.2. The summed E-state index contributed by atoms with van der Waals surface area (Å²) in [6.45, 7) is 1.44. The maximum Gasteiger partial charge on any atom is 0.315 e. The van der Waals surface area contributed by atoms with Crippen LogP contribution < -0.4 is 16.2 Å². The van der Waals surface area contributed by atoms with Gasteiger partial charge in [0.05, 0.1) is 29.7 Å². The number of carbonyl (C=O) groups excluding carboxylic acids is 1. The number of benzene rings is 4. The van der Waals surface area contributed by atoms with Crippen molar-refractivity contribution in [3.63, 3.8) is 0 Å². The fourth-order valence-corrected chi connectivity index (χ4v) is 3.60. The number of nitrogens with zero attached hydrogens (tertiary/aromatic N) is 2. The molecule has 0 heterocycles. The second kappa shape index (κ2) is 14.2. The van der Waals surface area contributed by atoms with Crippen LogP contribution in [0, 0.1) is 34.3 Å². The van der Waals surface area contributed by atoms with Crippen LogP contribution in [0.1, 0.15) is 23.1 Å². The Balaban J connectivity index is 0.000000771. The molecule has 6 nitrogen and oxygen atoms in total. The molecule has 0 unspecified atom stereocenters. The second-order valence-electron chi connectivity index (χ2n) is 8.42. The Hall–Kier alpha value is -4.89. The second-order valence-corrected chi connectivity index (χ2v) is 8.42. The van der Waals surface area contributed by atoms with Crippen molar-refractivity contribution in [2.24, 2.45) is 11.5 Å². The lowest BCUT2D eigenvalue weighted by molar-refractivity contribution is -0.133. The van der Waals surface area contributed by atoms with Gasteiger partial charge in [0.1, 0.15) is 17.4 Å². The summed E-state index contributed by atoms with van der Waals surface area (Å²) in [5, 5.41) is 17.8. The van der Waals surface area contributed by atoms with Crippen LogP contribution in [0.3, 0.4) is 0 Å². The van der Waals surface area contributed by atoms with Crippen LogP contribution in [0.15, 0.2) is 84.9 Å². The van der Waals surface area contributed by atoms with E-state index >= 15 is 0 Å². The third kappa shape index (κ3) is 8.05. The monoisotopic (exact) mass is 524 g/mol. The molecule has 0 aliphatic carbocycles. The number of hydrogen-bond acceptors (Lipinski definition) is 6. The van der Waals surface area contributed by atoms with Gasteiger partial charge in [-0.2, -0.15) is 10.5 Å². The maximum absolute atomic E-state index is 14.6. The van der Waals surface area contributed by atoms with Gasteiger partial charge in [0.2, 0.25) is 0 Å². The fraction of sp³-hybridized carbons (Fsp3) is 0.129. The predicted molar refractivity (Wildman–Crippen MR) is 145 cm³/mol. The minimum absolute atomic E-state index is 0.0366. The van der Waals surface area contributed by atoms with Gasteiger partial charge in [-0.05, 0) is 78.7 Å². The molecular weight excluding hydrogens is 498 g/mol. The molecule has 0 aliphatic rings. The van der Waals surface area contributed by atoms with Gasteiger partial charge in [-0.3, -0.25) is 4.79 Å². The highest BCUT2D eigenvalue weighted by molar-refractivity contribution is 5.76. The standard InChI is InChI=1S/C28H16F2N2O2.C3H10N2/c29-26-13-20(5-11-24(26)21-6-1-18(16-31)2-7-21)14-28(33)34-23-10-12-25(27(30)15-23)22-8-3-19(17-32)4-9-22;4-2-1-3-5/h1-13,15H,14H2;1-5H2. The Labute approximate surface area is 225 Å². The first-order valence-corrected chi connectivity index (χ1v) is 12.1. The molecule has 196 valence electrons. The molecule has 0 amide bonds. The van der Waals surface area contributed by atoms with E-state index in [1.54, 1.807) is 60.7 Å².